The molecule has 1 N–H and O–H groups in total. The van der Waals surface area contributed by atoms with Gasteiger partial charge in [0.05, 0.1) is 17.5 Å². The topological polar surface area (TPSA) is 40.5 Å². The molecule has 1 saturated heterocycles. The maximum absolute atomic E-state index is 12.6. The van der Waals surface area contributed by atoms with Crippen LogP contribution >= 0.6 is 23.1 Å². The van der Waals surface area contributed by atoms with Crippen LogP contribution in [0.5, 0.6) is 0 Å². The van der Waals surface area contributed by atoms with Crippen molar-refractivity contribution in [1.29, 1.82) is 0 Å². The lowest BCUT2D eigenvalue weighted by molar-refractivity contribution is 0.0507. The van der Waals surface area contributed by atoms with Gasteiger partial charge in [-0.25, -0.2) is 0 Å². The van der Waals surface area contributed by atoms with Crippen LogP contribution in [0.1, 0.15) is 39.4 Å². The number of hydrogen-bond acceptors (Lipinski definition) is 4. The monoisotopic (exact) mass is 297 g/mol. The molecule has 0 radical (unpaired) electrons. The Morgan fingerprint density at radius 3 is 3.16 bits per heavy atom. The van der Waals surface area contributed by atoms with Gasteiger partial charge >= 0.3 is 0 Å². The van der Waals surface area contributed by atoms with Crippen LogP contribution in [-0.4, -0.2) is 40.9 Å². The van der Waals surface area contributed by atoms with Gasteiger partial charge in [0, 0.05) is 17.2 Å². The highest BCUT2D eigenvalue weighted by Gasteiger charge is 2.28. The molecule has 19 heavy (non-hydrogen) atoms. The molecular formula is C14H19NO2S2. The zero-order valence-electron chi connectivity index (χ0n) is 10.9. The molecule has 1 amide bonds. The Bertz CT molecular complexity index is 449. The van der Waals surface area contributed by atoms with E-state index < -0.39 is 0 Å². The number of thioether (sulfide) groups is 1. The first-order chi connectivity index (χ1) is 9.29. The number of likely N-dealkylation sites (tertiary alicyclic amines) is 1. The molecule has 0 aromatic carbocycles. The van der Waals surface area contributed by atoms with E-state index in [2.05, 4.69) is 6.07 Å². The van der Waals surface area contributed by atoms with Gasteiger partial charge in [-0.05, 0) is 43.1 Å². The first-order valence-electron chi connectivity index (χ1n) is 6.90. The van der Waals surface area contributed by atoms with E-state index in [9.17, 15) is 9.90 Å². The van der Waals surface area contributed by atoms with E-state index >= 15 is 0 Å². The molecule has 3 rings (SSSR count). The number of rotatable bonds is 2. The molecule has 0 saturated carbocycles. The summed E-state index contributed by atoms with van der Waals surface area (Å²) in [5.74, 6) is 2.34. The average Bonchev–Trinajstić information content (AvgIpc) is 2.90. The molecule has 0 aliphatic carbocycles. The molecule has 2 aliphatic heterocycles. The van der Waals surface area contributed by atoms with Crippen molar-refractivity contribution in [3.63, 3.8) is 0 Å². The van der Waals surface area contributed by atoms with Gasteiger partial charge < -0.3 is 10.0 Å². The zero-order valence-corrected chi connectivity index (χ0v) is 12.6. The van der Waals surface area contributed by atoms with Crippen molar-refractivity contribution < 1.29 is 9.90 Å². The molecule has 2 aliphatic rings. The summed E-state index contributed by atoms with van der Waals surface area (Å²) in [6.07, 6.45) is 4.21. The molecule has 1 aromatic rings. The maximum Gasteiger partial charge on any atom is 0.264 e. The van der Waals surface area contributed by atoms with Crippen LogP contribution in [0.2, 0.25) is 0 Å². The highest BCUT2D eigenvalue weighted by Crippen LogP contribution is 2.33. The summed E-state index contributed by atoms with van der Waals surface area (Å²) >= 11 is 3.61. The molecule has 3 heterocycles. The van der Waals surface area contributed by atoms with Crippen molar-refractivity contribution in [3.8, 4) is 0 Å². The lowest BCUT2D eigenvalue weighted by Gasteiger charge is -2.34. The second kappa shape index (κ2) is 5.85. The normalized spacial score (nSPS) is 23.2. The second-order valence-corrected chi connectivity index (χ2v) is 7.43. The Labute approximate surface area is 122 Å². The van der Waals surface area contributed by atoms with Crippen LogP contribution in [0.25, 0.3) is 0 Å². The number of aryl methyl sites for hydroxylation is 1. The van der Waals surface area contributed by atoms with Gasteiger partial charge in [-0.3, -0.25) is 4.79 Å². The van der Waals surface area contributed by atoms with Gasteiger partial charge in [0.2, 0.25) is 0 Å². The van der Waals surface area contributed by atoms with E-state index in [-0.39, 0.29) is 18.6 Å². The van der Waals surface area contributed by atoms with Gasteiger partial charge in [0.1, 0.15) is 0 Å². The Kier molecular flexibility index (Phi) is 4.15. The molecule has 3 nitrogen and oxygen atoms in total. The molecule has 0 spiro atoms. The summed E-state index contributed by atoms with van der Waals surface area (Å²) in [7, 11) is 0. The second-order valence-electron chi connectivity index (χ2n) is 5.19. The summed E-state index contributed by atoms with van der Waals surface area (Å²) in [6.45, 7) is 0.883. The number of thiophene rings is 1. The van der Waals surface area contributed by atoms with Crippen LogP contribution in [0.15, 0.2) is 6.07 Å². The number of hydrogen-bond donors (Lipinski definition) is 1. The first kappa shape index (κ1) is 13.5. The SMILES string of the molecule is O=C(c1cc2c(s1)CCSC2)N1CCCCC1CO. The van der Waals surface area contributed by atoms with Crippen LogP contribution < -0.4 is 0 Å². The van der Waals surface area contributed by atoms with Crippen molar-refractivity contribution >= 4 is 29.0 Å². The fraction of sp³-hybridized carbons (Fsp3) is 0.643. The third kappa shape index (κ3) is 2.69. The summed E-state index contributed by atoms with van der Waals surface area (Å²) in [4.78, 5) is 16.7. The maximum atomic E-state index is 12.6. The quantitative estimate of drug-likeness (QED) is 0.912. The number of aliphatic hydroxyl groups excluding tert-OH is 1. The van der Waals surface area contributed by atoms with E-state index in [0.717, 1.165) is 42.9 Å². The third-order valence-corrected chi connectivity index (χ3v) is 6.17. The fourth-order valence-electron chi connectivity index (χ4n) is 2.85. The number of aliphatic hydroxyl groups is 1. The summed E-state index contributed by atoms with van der Waals surface area (Å²) < 4.78 is 0. The van der Waals surface area contributed by atoms with E-state index in [4.69, 9.17) is 0 Å². The molecule has 1 atom stereocenters. The van der Waals surface area contributed by atoms with Gasteiger partial charge in [-0.15, -0.1) is 11.3 Å². The van der Waals surface area contributed by atoms with Gasteiger partial charge in [-0.1, -0.05) is 0 Å². The van der Waals surface area contributed by atoms with E-state index in [1.54, 1.807) is 11.3 Å². The lowest BCUT2D eigenvalue weighted by Crippen LogP contribution is -2.45. The van der Waals surface area contributed by atoms with Crippen molar-refractivity contribution in [2.45, 2.75) is 37.5 Å². The standard InChI is InChI=1S/C14H19NO2S2/c16-8-11-3-1-2-5-15(11)14(17)13-7-10-9-18-6-4-12(10)19-13/h7,11,16H,1-6,8-9H2. The van der Waals surface area contributed by atoms with Gasteiger partial charge in [0.25, 0.3) is 5.91 Å². The molecule has 1 fully saturated rings. The Balaban J connectivity index is 1.80. The predicted molar refractivity (Wildman–Crippen MR) is 79.9 cm³/mol. The number of carbonyl (C=O) groups excluding carboxylic acids is 1. The summed E-state index contributed by atoms with van der Waals surface area (Å²) in [5.41, 5.74) is 1.35. The fourth-order valence-corrected chi connectivity index (χ4v) is 5.18. The highest BCUT2D eigenvalue weighted by atomic mass is 32.2. The van der Waals surface area contributed by atoms with Gasteiger partial charge in [0.15, 0.2) is 0 Å². The van der Waals surface area contributed by atoms with Crippen LogP contribution in [-0.2, 0) is 12.2 Å². The van der Waals surface area contributed by atoms with Crippen molar-refractivity contribution in [3.05, 3.63) is 21.4 Å². The molecule has 1 unspecified atom stereocenters. The minimum absolute atomic E-state index is 0.0229. The molecule has 1 aromatic heterocycles. The van der Waals surface area contributed by atoms with E-state index in [1.807, 2.05) is 16.7 Å². The molecule has 104 valence electrons. The number of nitrogens with zero attached hydrogens (tertiary/aromatic N) is 1. The Hall–Kier alpha value is -0.520. The Morgan fingerprint density at radius 1 is 1.47 bits per heavy atom. The largest absolute Gasteiger partial charge is 0.394 e. The third-order valence-electron chi connectivity index (χ3n) is 3.94. The number of amides is 1. The minimum atomic E-state index is 0.0229. The predicted octanol–water partition coefficient (Wildman–Crippen LogP) is 2.52. The van der Waals surface area contributed by atoms with E-state index in [1.165, 1.54) is 16.2 Å². The van der Waals surface area contributed by atoms with E-state index in [0.29, 0.717) is 0 Å². The smallest absolute Gasteiger partial charge is 0.264 e. The molecular weight excluding hydrogens is 278 g/mol. The first-order valence-corrected chi connectivity index (χ1v) is 8.88. The van der Waals surface area contributed by atoms with Gasteiger partial charge in [-0.2, -0.15) is 11.8 Å². The summed E-state index contributed by atoms with van der Waals surface area (Å²) in [5, 5.41) is 9.43. The van der Waals surface area contributed by atoms with Crippen LogP contribution in [0.4, 0.5) is 0 Å². The van der Waals surface area contributed by atoms with Crippen molar-refractivity contribution in [2.75, 3.05) is 18.9 Å². The van der Waals surface area contributed by atoms with Crippen LogP contribution in [0.3, 0.4) is 0 Å². The Morgan fingerprint density at radius 2 is 2.37 bits per heavy atom. The number of piperidine rings is 1. The highest BCUT2D eigenvalue weighted by molar-refractivity contribution is 7.98. The van der Waals surface area contributed by atoms with Crippen molar-refractivity contribution in [2.24, 2.45) is 0 Å². The van der Waals surface area contributed by atoms with Crippen LogP contribution in [0, 0.1) is 0 Å². The number of carbonyl (C=O) groups is 1. The molecule has 0 bridgehead atoms. The molecule has 5 heteroatoms. The summed E-state index contributed by atoms with van der Waals surface area (Å²) in [6, 6.07) is 2.10. The lowest BCUT2D eigenvalue weighted by atomic mass is 10.0. The number of fused-ring (bicyclic) bond motifs is 1. The van der Waals surface area contributed by atoms with Crippen molar-refractivity contribution in [1.82, 2.24) is 4.90 Å². The minimum Gasteiger partial charge on any atom is -0.394 e. The zero-order chi connectivity index (χ0) is 13.2. The average molecular weight is 297 g/mol.